The Kier molecular flexibility index (Phi) is 11.2. The van der Waals surface area contributed by atoms with Crippen LogP contribution in [-0.4, -0.2) is 71.3 Å². The maximum Gasteiger partial charge on any atom is 0.407 e. The first kappa shape index (κ1) is 31.5. The molecular formula is C29H42N4O6. The highest BCUT2D eigenvalue weighted by Crippen LogP contribution is 2.26. The Bertz CT molecular complexity index is 1070. The number of hydrogen-bond acceptors (Lipinski definition) is 9. The number of esters is 2. The molecule has 1 heterocycles. The molecule has 1 saturated heterocycles. The number of nitriles is 1. The quantitative estimate of drug-likeness (QED) is 0.213. The standard InChI is InChI=1S/C29H42N4O6/c1-8-37-24(34)20-33(18-21-13-10-9-11-14-21)25(23(17-30)26(35)38-28(2,3)4)32-16-12-15-22(19-32)31-27(36)39-29(5,6)7/h9-11,13-14,22H,8,12,15-16,18-20H2,1-7H3,(H,31,36)/b25-23+/t22-/m1/s1. The number of piperidine rings is 1. The van der Waals surface area contributed by atoms with Gasteiger partial charge in [-0.05, 0) is 66.9 Å². The summed E-state index contributed by atoms with van der Waals surface area (Å²) in [7, 11) is 0. The third kappa shape index (κ3) is 10.9. The fourth-order valence-corrected chi connectivity index (χ4v) is 4.17. The van der Waals surface area contributed by atoms with Crippen molar-refractivity contribution in [2.24, 2.45) is 0 Å². The van der Waals surface area contributed by atoms with E-state index >= 15 is 0 Å². The topological polar surface area (TPSA) is 121 Å². The van der Waals surface area contributed by atoms with Crippen molar-refractivity contribution >= 4 is 18.0 Å². The van der Waals surface area contributed by atoms with E-state index < -0.39 is 29.2 Å². The van der Waals surface area contributed by atoms with Crippen LogP contribution in [0.4, 0.5) is 4.79 Å². The Morgan fingerprint density at radius 3 is 2.28 bits per heavy atom. The fraction of sp³-hybridized carbons (Fsp3) is 0.586. The highest BCUT2D eigenvalue weighted by Gasteiger charge is 2.34. The molecule has 214 valence electrons. The number of carbonyl (C=O) groups excluding carboxylic acids is 3. The van der Waals surface area contributed by atoms with Crippen LogP contribution in [0.1, 0.15) is 66.9 Å². The van der Waals surface area contributed by atoms with Gasteiger partial charge in [-0.1, -0.05) is 30.3 Å². The molecule has 0 bridgehead atoms. The lowest BCUT2D eigenvalue weighted by molar-refractivity contribution is -0.150. The molecule has 1 N–H and O–H groups in total. The van der Waals surface area contributed by atoms with Crippen LogP contribution in [0.2, 0.25) is 0 Å². The molecule has 0 aromatic heterocycles. The van der Waals surface area contributed by atoms with Gasteiger partial charge in [0.25, 0.3) is 0 Å². The van der Waals surface area contributed by atoms with Crippen LogP contribution in [-0.2, 0) is 30.3 Å². The van der Waals surface area contributed by atoms with Crippen LogP contribution in [0.15, 0.2) is 41.7 Å². The van der Waals surface area contributed by atoms with E-state index in [-0.39, 0.29) is 37.1 Å². The Balaban J connectivity index is 2.54. The number of alkyl carbamates (subject to hydrolysis) is 1. The van der Waals surface area contributed by atoms with E-state index in [4.69, 9.17) is 14.2 Å². The predicted octanol–water partition coefficient (Wildman–Crippen LogP) is 4.12. The van der Waals surface area contributed by atoms with Gasteiger partial charge >= 0.3 is 18.0 Å². The number of amides is 1. The van der Waals surface area contributed by atoms with Crippen LogP contribution < -0.4 is 5.32 Å². The monoisotopic (exact) mass is 542 g/mol. The third-order valence-electron chi connectivity index (χ3n) is 5.52. The van der Waals surface area contributed by atoms with Crippen LogP contribution in [0, 0.1) is 11.3 Å². The average Bonchev–Trinajstić information content (AvgIpc) is 2.80. The van der Waals surface area contributed by atoms with Crippen molar-refractivity contribution in [1.29, 1.82) is 5.26 Å². The Labute approximate surface area is 231 Å². The summed E-state index contributed by atoms with van der Waals surface area (Å²) in [6.45, 7) is 13.3. The number of nitrogens with zero attached hydrogens (tertiary/aromatic N) is 3. The van der Waals surface area contributed by atoms with Crippen molar-refractivity contribution in [3.8, 4) is 6.07 Å². The second kappa shape index (κ2) is 13.9. The zero-order valence-electron chi connectivity index (χ0n) is 24.2. The maximum absolute atomic E-state index is 13.3. The largest absolute Gasteiger partial charge is 0.465 e. The average molecular weight is 543 g/mol. The van der Waals surface area contributed by atoms with Gasteiger partial charge in [-0.2, -0.15) is 5.26 Å². The summed E-state index contributed by atoms with van der Waals surface area (Å²) in [6, 6.07) is 11.2. The summed E-state index contributed by atoms with van der Waals surface area (Å²) in [6.07, 6.45) is 0.823. The van der Waals surface area contributed by atoms with Gasteiger partial charge in [0.05, 0.1) is 6.61 Å². The first-order chi connectivity index (χ1) is 18.2. The molecule has 0 unspecified atom stereocenters. The summed E-state index contributed by atoms with van der Waals surface area (Å²) >= 11 is 0. The Morgan fingerprint density at radius 1 is 1.08 bits per heavy atom. The van der Waals surface area contributed by atoms with E-state index in [0.717, 1.165) is 5.56 Å². The zero-order chi connectivity index (χ0) is 29.2. The highest BCUT2D eigenvalue weighted by atomic mass is 16.6. The number of rotatable bonds is 9. The Hall–Kier alpha value is -3.74. The molecule has 0 saturated carbocycles. The molecule has 39 heavy (non-hydrogen) atoms. The van der Waals surface area contributed by atoms with Gasteiger partial charge < -0.3 is 29.3 Å². The van der Waals surface area contributed by atoms with Gasteiger partial charge in [-0.15, -0.1) is 0 Å². The lowest BCUT2D eigenvalue weighted by Crippen LogP contribution is -2.51. The van der Waals surface area contributed by atoms with E-state index in [1.54, 1.807) is 53.4 Å². The van der Waals surface area contributed by atoms with Gasteiger partial charge in [0.1, 0.15) is 29.6 Å². The molecule has 1 aliphatic rings. The van der Waals surface area contributed by atoms with E-state index in [9.17, 15) is 19.6 Å². The van der Waals surface area contributed by atoms with Crippen LogP contribution in [0.25, 0.3) is 0 Å². The lowest BCUT2D eigenvalue weighted by Gasteiger charge is -2.41. The van der Waals surface area contributed by atoms with Crippen molar-refractivity contribution in [2.45, 2.75) is 85.1 Å². The summed E-state index contributed by atoms with van der Waals surface area (Å²) in [5.41, 5.74) is -0.831. The molecule has 1 amide bonds. The molecule has 1 aliphatic heterocycles. The molecule has 1 aromatic carbocycles. The number of hydrogen-bond donors (Lipinski definition) is 1. The maximum atomic E-state index is 13.3. The van der Waals surface area contributed by atoms with Gasteiger partial charge in [0, 0.05) is 25.7 Å². The van der Waals surface area contributed by atoms with Gasteiger partial charge in [-0.25, -0.2) is 9.59 Å². The van der Waals surface area contributed by atoms with Crippen molar-refractivity contribution in [1.82, 2.24) is 15.1 Å². The van der Waals surface area contributed by atoms with Gasteiger partial charge in [-0.3, -0.25) is 4.79 Å². The summed E-state index contributed by atoms with van der Waals surface area (Å²) in [5.74, 6) is -1.02. The SMILES string of the molecule is CCOC(=O)CN(Cc1ccccc1)/C(=C(\C#N)C(=O)OC(C)(C)C)N1CCC[C@@H](NC(=O)OC(C)(C)C)C1. The molecule has 1 atom stereocenters. The molecule has 1 aromatic rings. The minimum absolute atomic E-state index is 0.188. The van der Waals surface area contributed by atoms with E-state index in [1.807, 2.05) is 41.3 Å². The number of nitrogens with one attached hydrogen (secondary N) is 1. The third-order valence-corrected chi connectivity index (χ3v) is 5.52. The number of benzene rings is 1. The molecule has 0 aliphatic carbocycles. The second-order valence-electron chi connectivity index (χ2n) is 11.4. The summed E-state index contributed by atoms with van der Waals surface area (Å²) in [5, 5.41) is 13.1. The molecule has 10 heteroatoms. The van der Waals surface area contributed by atoms with E-state index in [2.05, 4.69) is 5.32 Å². The summed E-state index contributed by atoms with van der Waals surface area (Å²) in [4.78, 5) is 42.0. The van der Waals surface area contributed by atoms with Crippen molar-refractivity contribution < 1.29 is 28.6 Å². The predicted molar refractivity (Wildman–Crippen MR) is 146 cm³/mol. The van der Waals surface area contributed by atoms with Crippen molar-refractivity contribution in [3.63, 3.8) is 0 Å². The smallest absolute Gasteiger partial charge is 0.407 e. The van der Waals surface area contributed by atoms with Gasteiger partial charge in [0.15, 0.2) is 5.57 Å². The lowest BCUT2D eigenvalue weighted by atomic mass is 10.0. The normalized spacial score (nSPS) is 16.4. The van der Waals surface area contributed by atoms with E-state index in [1.165, 1.54) is 0 Å². The molecule has 2 rings (SSSR count). The summed E-state index contributed by atoms with van der Waals surface area (Å²) < 4.78 is 16.2. The molecule has 1 fully saturated rings. The number of ether oxygens (including phenoxy) is 3. The first-order valence-electron chi connectivity index (χ1n) is 13.3. The molecule has 10 nitrogen and oxygen atoms in total. The van der Waals surface area contributed by atoms with Crippen molar-refractivity contribution in [3.05, 3.63) is 47.3 Å². The first-order valence-corrected chi connectivity index (χ1v) is 13.3. The highest BCUT2D eigenvalue weighted by molar-refractivity contribution is 5.93. The van der Waals surface area contributed by atoms with Crippen LogP contribution in [0.5, 0.6) is 0 Å². The van der Waals surface area contributed by atoms with E-state index in [0.29, 0.717) is 25.9 Å². The minimum Gasteiger partial charge on any atom is -0.465 e. The fourth-order valence-electron chi connectivity index (χ4n) is 4.17. The molecule has 0 spiro atoms. The van der Waals surface area contributed by atoms with Crippen molar-refractivity contribution in [2.75, 3.05) is 26.2 Å². The zero-order valence-corrected chi connectivity index (χ0v) is 24.2. The van der Waals surface area contributed by atoms with Gasteiger partial charge in [0.2, 0.25) is 0 Å². The number of likely N-dealkylation sites (tertiary alicyclic amines) is 1. The Morgan fingerprint density at radius 2 is 1.72 bits per heavy atom. The minimum atomic E-state index is -0.835. The molecular weight excluding hydrogens is 500 g/mol. The number of carbonyl (C=O) groups is 3. The molecule has 0 radical (unpaired) electrons. The van der Waals surface area contributed by atoms with Crippen LogP contribution in [0.3, 0.4) is 0 Å². The van der Waals surface area contributed by atoms with Crippen LogP contribution >= 0.6 is 0 Å². The second-order valence-corrected chi connectivity index (χ2v) is 11.4.